The van der Waals surface area contributed by atoms with E-state index in [0.29, 0.717) is 31.0 Å². The second-order valence-electron chi connectivity index (χ2n) is 6.57. The summed E-state index contributed by atoms with van der Waals surface area (Å²) < 4.78 is 10.6. The Morgan fingerprint density at radius 2 is 1.96 bits per heavy atom. The molecule has 6 heteroatoms. The molecule has 1 aromatic carbocycles. The number of pyridine rings is 2. The predicted octanol–water partition coefficient (Wildman–Crippen LogP) is 2.77. The van der Waals surface area contributed by atoms with Gasteiger partial charge in [0.25, 0.3) is 0 Å². The van der Waals surface area contributed by atoms with Gasteiger partial charge in [-0.3, -0.25) is 14.8 Å². The highest BCUT2D eigenvalue weighted by Crippen LogP contribution is 2.28. The summed E-state index contributed by atoms with van der Waals surface area (Å²) in [6.45, 7) is 1.25. The number of fused-ring (bicyclic) bond motifs is 2. The molecule has 0 aliphatic carbocycles. The van der Waals surface area contributed by atoms with Crippen LogP contribution in [0.2, 0.25) is 0 Å². The van der Waals surface area contributed by atoms with Crippen molar-refractivity contribution >= 4 is 16.9 Å². The molecule has 0 fully saturated rings. The van der Waals surface area contributed by atoms with E-state index in [1.807, 2.05) is 41.3 Å². The fourth-order valence-corrected chi connectivity index (χ4v) is 3.45. The zero-order valence-electron chi connectivity index (χ0n) is 15.4. The van der Waals surface area contributed by atoms with Gasteiger partial charge in [0.05, 0.1) is 31.7 Å². The van der Waals surface area contributed by atoms with Gasteiger partial charge in [0.15, 0.2) is 11.5 Å². The standard InChI is InChI=1S/C21H21N3O3/c1-26-19-6-5-14(10-20(19)27-2)11-21(25)24-9-7-16-15(13-24)12-18-17(23-16)4-3-8-22-18/h3-6,8,10,12H,7,9,11,13H2,1-2H3. The van der Waals surface area contributed by atoms with Crippen molar-refractivity contribution in [2.45, 2.75) is 19.4 Å². The summed E-state index contributed by atoms with van der Waals surface area (Å²) in [6, 6.07) is 11.5. The minimum Gasteiger partial charge on any atom is -0.493 e. The fraction of sp³-hybridized carbons (Fsp3) is 0.286. The highest BCUT2D eigenvalue weighted by atomic mass is 16.5. The van der Waals surface area contributed by atoms with Crippen LogP contribution in [-0.2, 0) is 24.2 Å². The summed E-state index contributed by atoms with van der Waals surface area (Å²) in [5.74, 6) is 1.38. The van der Waals surface area contributed by atoms with Crippen LogP contribution in [0.5, 0.6) is 11.5 Å². The van der Waals surface area contributed by atoms with Gasteiger partial charge in [0.2, 0.25) is 5.91 Å². The summed E-state index contributed by atoms with van der Waals surface area (Å²) >= 11 is 0. The van der Waals surface area contributed by atoms with Gasteiger partial charge in [-0.25, -0.2) is 0 Å². The highest BCUT2D eigenvalue weighted by molar-refractivity contribution is 5.80. The quantitative estimate of drug-likeness (QED) is 0.713. The van der Waals surface area contributed by atoms with Crippen LogP contribution in [0, 0.1) is 0 Å². The molecule has 0 saturated heterocycles. The van der Waals surface area contributed by atoms with Crippen LogP contribution in [-0.4, -0.2) is 41.5 Å². The van der Waals surface area contributed by atoms with E-state index < -0.39 is 0 Å². The molecule has 0 bridgehead atoms. The van der Waals surface area contributed by atoms with Crippen LogP contribution in [0.3, 0.4) is 0 Å². The molecule has 0 saturated carbocycles. The number of ether oxygens (including phenoxy) is 2. The van der Waals surface area contributed by atoms with E-state index in [-0.39, 0.29) is 5.91 Å². The number of rotatable bonds is 4. The van der Waals surface area contributed by atoms with Crippen LogP contribution >= 0.6 is 0 Å². The van der Waals surface area contributed by atoms with Crippen molar-refractivity contribution in [1.29, 1.82) is 0 Å². The van der Waals surface area contributed by atoms with Gasteiger partial charge in [0, 0.05) is 31.4 Å². The Labute approximate surface area is 157 Å². The van der Waals surface area contributed by atoms with Crippen LogP contribution in [0.25, 0.3) is 11.0 Å². The Bertz CT molecular complexity index is 1000. The zero-order chi connectivity index (χ0) is 18.8. The zero-order valence-corrected chi connectivity index (χ0v) is 15.4. The first kappa shape index (κ1) is 17.3. The lowest BCUT2D eigenvalue weighted by Gasteiger charge is -2.28. The van der Waals surface area contributed by atoms with Crippen molar-refractivity contribution in [3.63, 3.8) is 0 Å². The Morgan fingerprint density at radius 1 is 1.11 bits per heavy atom. The van der Waals surface area contributed by atoms with Gasteiger partial charge in [-0.1, -0.05) is 6.07 Å². The molecule has 1 aliphatic heterocycles. The lowest BCUT2D eigenvalue weighted by Crippen LogP contribution is -2.37. The maximum Gasteiger partial charge on any atom is 0.227 e. The van der Waals surface area contributed by atoms with E-state index in [0.717, 1.165) is 34.3 Å². The topological polar surface area (TPSA) is 64.5 Å². The second-order valence-corrected chi connectivity index (χ2v) is 6.57. The molecule has 3 aromatic rings. The molecule has 1 amide bonds. The smallest absolute Gasteiger partial charge is 0.227 e. The fourth-order valence-electron chi connectivity index (χ4n) is 3.45. The number of hydrogen-bond acceptors (Lipinski definition) is 5. The van der Waals surface area contributed by atoms with Crippen molar-refractivity contribution in [2.24, 2.45) is 0 Å². The lowest BCUT2D eigenvalue weighted by atomic mass is 10.0. The maximum absolute atomic E-state index is 12.8. The third-order valence-electron chi connectivity index (χ3n) is 4.89. The summed E-state index contributed by atoms with van der Waals surface area (Å²) in [5, 5.41) is 0. The minimum atomic E-state index is 0.0917. The summed E-state index contributed by atoms with van der Waals surface area (Å²) in [6.07, 6.45) is 2.85. The van der Waals surface area contributed by atoms with Crippen molar-refractivity contribution in [3.05, 3.63) is 59.4 Å². The Kier molecular flexibility index (Phi) is 4.62. The van der Waals surface area contributed by atoms with Crippen LogP contribution < -0.4 is 9.47 Å². The lowest BCUT2D eigenvalue weighted by molar-refractivity contribution is -0.131. The number of amides is 1. The average Bonchev–Trinajstić information content (AvgIpc) is 2.71. The molecule has 0 spiro atoms. The van der Waals surface area contributed by atoms with Crippen LogP contribution in [0.15, 0.2) is 42.6 Å². The molecule has 0 N–H and O–H groups in total. The molecule has 4 rings (SSSR count). The van der Waals surface area contributed by atoms with Crippen molar-refractivity contribution in [2.75, 3.05) is 20.8 Å². The Balaban J connectivity index is 1.51. The molecule has 1 aliphatic rings. The third kappa shape index (κ3) is 3.43. The van der Waals surface area contributed by atoms with E-state index in [2.05, 4.69) is 4.98 Å². The van der Waals surface area contributed by atoms with Crippen molar-refractivity contribution in [1.82, 2.24) is 14.9 Å². The molecular weight excluding hydrogens is 342 g/mol. The second kappa shape index (κ2) is 7.23. The number of benzene rings is 1. The van der Waals surface area contributed by atoms with E-state index in [1.54, 1.807) is 20.4 Å². The Morgan fingerprint density at radius 3 is 2.78 bits per heavy atom. The largest absolute Gasteiger partial charge is 0.493 e. The number of methoxy groups -OCH3 is 2. The van der Waals surface area contributed by atoms with Gasteiger partial charge >= 0.3 is 0 Å². The average molecular weight is 363 g/mol. The van der Waals surface area contributed by atoms with E-state index in [1.165, 1.54) is 0 Å². The molecular formula is C21H21N3O3. The number of hydrogen-bond donors (Lipinski definition) is 0. The summed E-state index contributed by atoms with van der Waals surface area (Å²) in [4.78, 5) is 23.8. The summed E-state index contributed by atoms with van der Waals surface area (Å²) in [7, 11) is 3.19. The molecule has 0 radical (unpaired) electrons. The van der Waals surface area contributed by atoms with Crippen LogP contribution in [0.4, 0.5) is 0 Å². The number of nitrogens with zero attached hydrogens (tertiary/aromatic N) is 3. The molecule has 27 heavy (non-hydrogen) atoms. The monoisotopic (exact) mass is 363 g/mol. The first-order chi connectivity index (χ1) is 13.2. The molecule has 3 heterocycles. The molecule has 0 unspecified atom stereocenters. The summed E-state index contributed by atoms with van der Waals surface area (Å²) in [5.41, 5.74) is 4.81. The third-order valence-corrected chi connectivity index (χ3v) is 4.89. The van der Waals surface area contributed by atoms with Crippen molar-refractivity contribution in [3.8, 4) is 11.5 Å². The number of aromatic nitrogens is 2. The van der Waals surface area contributed by atoms with Gasteiger partial charge in [0.1, 0.15) is 0 Å². The Hall–Kier alpha value is -3.15. The molecule has 6 nitrogen and oxygen atoms in total. The number of carbonyl (C=O) groups excluding carboxylic acids is 1. The normalized spacial score (nSPS) is 13.3. The van der Waals surface area contributed by atoms with E-state index >= 15 is 0 Å². The SMILES string of the molecule is COc1ccc(CC(=O)N2CCc3nc4cccnc4cc3C2)cc1OC. The molecule has 0 atom stereocenters. The van der Waals surface area contributed by atoms with Crippen molar-refractivity contribution < 1.29 is 14.3 Å². The first-order valence-corrected chi connectivity index (χ1v) is 8.90. The van der Waals surface area contributed by atoms with Gasteiger partial charge in [-0.05, 0) is 41.5 Å². The van der Waals surface area contributed by atoms with Crippen LogP contribution in [0.1, 0.15) is 16.8 Å². The molecule has 138 valence electrons. The van der Waals surface area contributed by atoms with Gasteiger partial charge < -0.3 is 14.4 Å². The van der Waals surface area contributed by atoms with Gasteiger partial charge in [-0.15, -0.1) is 0 Å². The first-order valence-electron chi connectivity index (χ1n) is 8.90. The maximum atomic E-state index is 12.8. The number of carbonyl (C=O) groups is 1. The minimum absolute atomic E-state index is 0.0917. The van der Waals surface area contributed by atoms with E-state index in [4.69, 9.17) is 14.5 Å². The van der Waals surface area contributed by atoms with E-state index in [9.17, 15) is 4.79 Å². The molecule has 2 aromatic heterocycles. The highest BCUT2D eigenvalue weighted by Gasteiger charge is 2.22. The predicted molar refractivity (Wildman–Crippen MR) is 102 cm³/mol. The van der Waals surface area contributed by atoms with Gasteiger partial charge in [-0.2, -0.15) is 0 Å².